The number of halogens is 1. The van der Waals surface area contributed by atoms with Crippen LogP contribution in [0.25, 0.3) is 0 Å². The molecule has 4 heteroatoms. The lowest BCUT2D eigenvalue weighted by Gasteiger charge is -2.31. The lowest BCUT2D eigenvalue weighted by atomic mass is 10.0. The van der Waals surface area contributed by atoms with Gasteiger partial charge in [-0.15, -0.1) is 0 Å². The number of nitrogens with one attached hydrogen (secondary N) is 1. The van der Waals surface area contributed by atoms with Crippen molar-refractivity contribution in [1.82, 2.24) is 0 Å². The Kier molecular flexibility index (Phi) is 3.35. The highest BCUT2D eigenvalue weighted by Gasteiger charge is 2.35. The Hall–Kier alpha value is -0.930. The number of rotatable bonds is 2. The normalized spacial score (nSPS) is 26.2. The predicted molar refractivity (Wildman–Crippen MR) is 75.7 cm³/mol. The van der Waals surface area contributed by atoms with Crippen LogP contribution in [0.1, 0.15) is 13.3 Å². The molecule has 1 aromatic rings. The summed E-state index contributed by atoms with van der Waals surface area (Å²) in [5.74, 6) is 0.572. The predicted octanol–water partition coefficient (Wildman–Crippen LogP) is 3.00. The zero-order valence-electron chi connectivity index (χ0n) is 10.7. The Balaban J connectivity index is 2.00. The fraction of sp³-hybridized carbons (Fsp3) is 0.571. The van der Waals surface area contributed by atoms with Crippen LogP contribution in [0.3, 0.4) is 0 Å². The molecule has 3 rings (SSSR count). The van der Waals surface area contributed by atoms with Crippen molar-refractivity contribution in [2.24, 2.45) is 5.92 Å². The average molecular weight is 267 g/mol. The van der Waals surface area contributed by atoms with E-state index in [1.165, 1.54) is 5.69 Å². The van der Waals surface area contributed by atoms with Gasteiger partial charge in [0.1, 0.15) is 0 Å². The van der Waals surface area contributed by atoms with Gasteiger partial charge in [-0.1, -0.05) is 18.5 Å². The highest BCUT2D eigenvalue weighted by molar-refractivity contribution is 6.31. The minimum Gasteiger partial charge on any atom is -0.383 e. The number of nitrogens with zero attached hydrogens (tertiary/aromatic N) is 1. The molecule has 1 saturated heterocycles. The molecule has 1 aromatic carbocycles. The largest absolute Gasteiger partial charge is 0.383 e. The van der Waals surface area contributed by atoms with Crippen molar-refractivity contribution in [3.63, 3.8) is 0 Å². The van der Waals surface area contributed by atoms with Crippen molar-refractivity contribution in [2.75, 3.05) is 36.5 Å². The highest BCUT2D eigenvalue weighted by Crippen LogP contribution is 2.36. The van der Waals surface area contributed by atoms with Crippen LogP contribution in [0, 0.1) is 5.92 Å². The summed E-state index contributed by atoms with van der Waals surface area (Å²) >= 11 is 6.09. The molecular weight excluding hydrogens is 248 g/mol. The van der Waals surface area contributed by atoms with Gasteiger partial charge in [0, 0.05) is 24.0 Å². The van der Waals surface area contributed by atoms with E-state index in [-0.39, 0.29) is 0 Å². The van der Waals surface area contributed by atoms with E-state index in [0.29, 0.717) is 12.0 Å². The molecule has 0 radical (unpaired) electrons. The molecule has 2 unspecified atom stereocenters. The van der Waals surface area contributed by atoms with Crippen LogP contribution < -0.4 is 10.2 Å². The van der Waals surface area contributed by atoms with E-state index in [1.807, 2.05) is 12.1 Å². The summed E-state index contributed by atoms with van der Waals surface area (Å²) in [5.41, 5.74) is 2.42. The molecule has 0 saturated carbocycles. The first-order valence-corrected chi connectivity index (χ1v) is 7.05. The van der Waals surface area contributed by atoms with Crippen LogP contribution in [-0.2, 0) is 4.74 Å². The average Bonchev–Trinajstić information content (AvgIpc) is 2.77. The smallest absolute Gasteiger partial charge is 0.0674 e. The number of ether oxygens (including phenoxy) is 1. The fourth-order valence-corrected chi connectivity index (χ4v) is 3.15. The molecule has 2 aliphatic heterocycles. The van der Waals surface area contributed by atoms with Crippen molar-refractivity contribution in [1.29, 1.82) is 0 Å². The van der Waals surface area contributed by atoms with E-state index in [4.69, 9.17) is 16.3 Å². The van der Waals surface area contributed by atoms with Crippen molar-refractivity contribution in [2.45, 2.75) is 19.4 Å². The third kappa shape index (κ3) is 2.06. The maximum atomic E-state index is 6.09. The number of hydrogen-bond donors (Lipinski definition) is 1. The second-order valence-electron chi connectivity index (χ2n) is 5.10. The Labute approximate surface area is 113 Å². The van der Waals surface area contributed by atoms with E-state index < -0.39 is 0 Å². The second-order valence-corrected chi connectivity index (χ2v) is 5.54. The number of benzene rings is 1. The molecule has 1 N–H and O–H groups in total. The fourth-order valence-electron chi connectivity index (χ4n) is 2.97. The van der Waals surface area contributed by atoms with E-state index in [2.05, 4.69) is 23.2 Å². The highest BCUT2D eigenvalue weighted by atomic mass is 35.5. The van der Waals surface area contributed by atoms with Gasteiger partial charge >= 0.3 is 0 Å². The van der Waals surface area contributed by atoms with E-state index in [0.717, 1.165) is 43.4 Å². The van der Waals surface area contributed by atoms with Crippen molar-refractivity contribution in [3.05, 3.63) is 23.2 Å². The monoisotopic (exact) mass is 266 g/mol. The van der Waals surface area contributed by atoms with Gasteiger partial charge in [0.15, 0.2) is 0 Å². The first kappa shape index (κ1) is 12.1. The maximum absolute atomic E-state index is 6.09. The summed E-state index contributed by atoms with van der Waals surface area (Å²) in [4.78, 5) is 2.49. The molecule has 0 aliphatic carbocycles. The topological polar surface area (TPSA) is 24.5 Å². The molecule has 2 atom stereocenters. The van der Waals surface area contributed by atoms with Crippen LogP contribution in [0.15, 0.2) is 18.2 Å². The molecule has 1 fully saturated rings. The van der Waals surface area contributed by atoms with E-state index >= 15 is 0 Å². The van der Waals surface area contributed by atoms with Crippen molar-refractivity contribution >= 4 is 23.0 Å². The molecular formula is C14H19ClN2O. The first-order valence-electron chi connectivity index (χ1n) is 6.67. The Morgan fingerprint density at radius 1 is 1.44 bits per heavy atom. The Bertz CT molecular complexity index is 438. The summed E-state index contributed by atoms with van der Waals surface area (Å²) in [7, 11) is 0. The van der Waals surface area contributed by atoms with Gasteiger partial charge < -0.3 is 15.0 Å². The molecule has 18 heavy (non-hydrogen) atoms. The quantitative estimate of drug-likeness (QED) is 0.891. The zero-order chi connectivity index (χ0) is 12.5. The molecule has 98 valence electrons. The summed E-state index contributed by atoms with van der Waals surface area (Å²) in [6.07, 6.45) is 1.14. The molecule has 0 bridgehead atoms. The standard InChI is InChI=1S/C14H19ClN2O/c1-2-5-17-13-4-3-11(15)6-12(13)16-7-10-8-18-9-14(10)17/h3-4,6,10,14,16H,2,5,7-9H2,1H3. The minimum absolute atomic E-state index is 0.500. The van der Waals surface area contributed by atoms with E-state index in [9.17, 15) is 0 Å². The Morgan fingerprint density at radius 2 is 2.33 bits per heavy atom. The van der Waals surface area contributed by atoms with Gasteiger partial charge in [-0.25, -0.2) is 0 Å². The molecule has 3 nitrogen and oxygen atoms in total. The van der Waals surface area contributed by atoms with Gasteiger partial charge in [-0.2, -0.15) is 0 Å². The van der Waals surface area contributed by atoms with Crippen molar-refractivity contribution in [3.8, 4) is 0 Å². The van der Waals surface area contributed by atoms with Gasteiger partial charge in [-0.3, -0.25) is 0 Å². The zero-order valence-corrected chi connectivity index (χ0v) is 11.4. The summed E-state index contributed by atoms with van der Waals surface area (Å²) < 4.78 is 5.65. The molecule has 2 aliphatic rings. The van der Waals surface area contributed by atoms with Crippen LogP contribution in [0.4, 0.5) is 11.4 Å². The molecule has 0 spiro atoms. The first-order chi connectivity index (χ1) is 8.79. The summed E-state index contributed by atoms with van der Waals surface area (Å²) in [6, 6.07) is 6.63. The van der Waals surface area contributed by atoms with Crippen LogP contribution in [0.5, 0.6) is 0 Å². The van der Waals surface area contributed by atoms with E-state index in [1.54, 1.807) is 0 Å². The number of anilines is 2. The van der Waals surface area contributed by atoms with Crippen LogP contribution in [0.2, 0.25) is 5.02 Å². The lowest BCUT2D eigenvalue weighted by molar-refractivity contribution is 0.185. The molecule has 0 aromatic heterocycles. The third-order valence-corrected chi connectivity index (χ3v) is 4.09. The summed E-state index contributed by atoms with van der Waals surface area (Å²) in [5, 5.41) is 4.31. The number of fused-ring (bicyclic) bond motifs is 2. The maximum Gasteiger partial charge on any atom is 0.0674 e. The van der Waals surface area contributed by atoms with Gasteiger partial charge in [0.25, 0.3) is 0 Å². The van der Waals surface area contributed by atoms with Gasteiger partial charge in [0.2, 0.25) is 0 Å². The summed E-state index contributed by atoms with van der Waals surface area (Å²) in [6.45, 7) is 5.96. The SMILES string of the molecule is CCCN1c2ccc(Cl)cc2NCC2COCC21. The Morgan fingerprint density at radius 3 is 3.17 bits per heavy atom. The second kappa shape index (κ2) is 4.98. The minimum atomic E-state index is 0.500. The van der Waals surface area contributed by atoms with Crippen LogP contribution >= 0.6 is 11.6 Å². The number of hydrogen-bond acceptors (Lipinski definition) is 3. The van der Waals surface area contributed by atoms with Gasteiger partial charge in [-0.05, 0) is 24.6 Å². The lowest BCUT2D eigenvalue weighted by Crippen LogP contribution is -2.41. The van der Waals surface area contributed by atoms with Crippen LogP contribution in [-0.4, -0.2) is 32.3 Å². The molecule has 0 amide bonds. The molecule has 2 heterocycles. The third-order valence-electron chi connectivity index (χ3n) is 3.85. The van der Waals surface area contributed by atoms with Gasteiger partial charge in [0.05, 0.1) is 30.6 Å². The van der Waals surface area contributed by atoms with Crippen molar-refractivity contribution < 1.29 is 4.74 Å².